The average Bonchev–Trinajstić information content (AvgIpc) is 3.20. The fourth-order valence-corrected chi connectivity index (χ4v) is 8.41. The molecular formula is C49H36N2O. The molecule has 0 aliphatic carbocycles. The minimum atomic E-state index is -0.372. The van der Waals surface area contributed by atoms with Crippen LogP contribution >= 0.6 is 0 Å². The van der Waals surface area contributed by atoms with Gasteiger partial charge in [0.15, 0.2) is 11.5 Å². The summed E-state index contributed by atoms with van der Waals surface area (Å²) < 4.78 is 6.72. The Hall–Kier alpha value is -6.58. The SMILES string of the molecule is CC1(C)c2cccc3c2N(c2cccc(N(c4ccc(-c5ccccc5)cc4)c4ccccc4-c4ccccc4)c21)c1c(ccc2ccccc12)O3. The maximum atomic E-state index is 6.72. The van der Waals surface area contributed by atoms with Crippen LogP contribution in [0, 0.1) is 0 Å². The van der Waals surface area contributed by atoms with Crippen molar-refractivity contribution in [2.75, 3.05) is 9.80 Å². The van der Waals surface area contributed by atoms with Gasteiger partial charge in [-0.3, -0.25) is 0 Å². The summed E-state index contributed by atoms with van der Waals surface area (Å²) in [5.41, 5.74) is 13.6. The number of rotatable bonds is 5. The highest BCUT2D eigenvalue weighted by Gasteiger charge is 2.44. The lowest BCUT2D eigenvalue weighted by Crippen LogP contribution is -2.34. The summed E-state index contributed by atoms with van der Waals surface area (Å²) >= 11 is 0. The van der Waals surface area contributed by atoms with Crippen molar-refractivity contribution in [2.45, 2.75) is 19.3 Å². The van der Waals surface area contributed by atoms with Crippen LogP contribution in [0.5, 0.6) is 11.5 Å². The Morgan fingerprint density at radius 2 is 1.12 bits per heavy atom. The minimum Gasteiger partial charge on any atom is -0.453 e. The van der Waals surface area contributed by atoms with Crippen LogP contribution in [0.25, 0.3) is 33.0 Å². The first-order chi connectivity index (χ1) is 25.6. The predicted octanol–water partition coefficient (Wildman–Crippen LogP) is 13.9. The third-order valence-corrected chi connectivity index (χ3v) is 10.8. The zero-order chi connectivity index (χ0) is 34.8. The Balaban J connectivity index is 1.26. The van der Waals surface area contributed by atoms with Gasteiger partial charge >= 0.3 is 0 Å². The Kier molecular flexibility index (Phi) is 6.84. The Morgan fingerprint density at radius 1 is 0.481 bits per heavy atom. The van der Waals surface area contributed by atoms with Crippen molar-refractivity contribution in [3.8, 4) is 33.8 Å². The number of hydrogen-bond donors (Lipinski definition) is 0. The highest BCUT2D eigenvalue weighted by molar-refractivity contribution is 6.07. The molecule has 0 fully saturated rings. The second-order valence-electron chi connectivity index (χ2n) is 14.2. The topological polar surface area (TPSA) is 15.7 Å². The van der Waals surface area contributed by atoms with Gasteiger partial charge in [0.25, 0.3) is 0 Å². The molecule has 0 spiro atoms. The van der Waals surface area contributed by atoms with Gasteiger partial charge in [-0.1, -0.05) is 153 Å². The summed E-state index contributed by atoms with van der Waals surface area (Å²) in [6, 6.07) is 65.4. The molecule has 8 aromatic carbocycles. The number of ether oxygens (including phenoxy) is 1. The zero-order valence-corrected chi connectivity index (χ0v) is 29.1. The Bertz CT molecular complexity index is 2630. The van der Waals surface area contributed by atoms with Crippen molar-refractivity contribution in [3.05, 3.63) is 193 Å². The van der Waals surface area contributed by atoms with Gasteiger partial charge in [-0.25, -0.2) is 0 Å². The van der Waals surface area contributed by atoms with E-state index in [9.17, 15) is 0 Å². The van der Waals surface area contributed by atoms with E-state index in [1.807, 2.05) is 0 Å². The molecule has 248 valence electrons. The van der Waals surface area contributed by atoms with E-state index in [0.717, 1.165) is 45.6 Å². The first-order valence-corrected chi connectivity index (χ1v) is 17.9. The number of para-hydroxylation sites is 2. The first-order valence-electron chi connectivity index (χ1n) is 17.9. The van der Waals surface area contributed by atoms with Gasteiger partial charge < -0.3 is 14.5 Å². The minimum absolute atomic E-state index is 0.372. The number of hydrogen-bond acceptors (Lipinski definition) is 3. The third-order valence-electron chi connectivity index (χ3n) is 10.8. The van der Waals surface area contributed by atoms with E-state index in [4.69, 9.17) is 4.74 Å². The molecule has 8 aromatic rings. The molecule has 0 unspecified atom stereocenters. The number of fused-ring (bicyclic) bond motifs is 6. The van der Waals surface area contributed by atoms with E-state index in [0.29, 0.717) is 0 Å². The van der Waals surface area contributed by atoms with E-state index in [1.165, 1.54) is 44.2 Å². The highest BCUT2D eigenvalue weighted by Crippen LogP contribution is 2.63. The second kappa shape index (κ2) is 11.8. The monoisotopic (exact) mass is 668 g/mol. The molecule has 3 heteroatoms. The molecule has 0 N–H and O–H groups in total. The van der Waals surface area contributed by atoms with Gasteiger partial charge in [0, 0.05) is 27.6 Å². The summed E-state index contributed by atoms with van der Waals surface area (Å²) in [6.07, 6.45) is 0. The predicted molar refractivity (Wildman–Crippen MR) is 216 cm³/mol. The van der Waals surface area contributed by atoms with Crippen LogP contribution < -0.4 is 14.5 Å². The van der Waals surface area contributed by atoms with E-state index < -0.39 is 0 Å². The van der Waals surface area contributed by atoms with Crippen molar-refractivity contribution >= 4 is 44.9 Å². The molecule has 0 saturated carbocycles. The van der Waals surface area contributed by atoms with Crippen LogP contribution in [0.1, 0.15) is 25.0 Å². The van der Waals surface area contributed by atoms with Crippen molar-refractivity contribution in [3.63, 3.8) is 0 Å². The number of benzene rings is 8. The van der Waals surface area contributed by atoms with Gasteiger partial charge in [0.2, 0.25) is 0 Å². The average molecular weight is 669 g/mol. The number of anilines is 6. The van der Waals surface area contributed by atoms with Crippen LogP contribution in [-0.4, -0.2) is 0 Å². The van der Waals surface area contributed by atoms with E-state index in [-0.39, 0.29) is 5.41 Å². The summed E-state index contributed by atoms with van der Waals surface area (Å²) in [5.74, 6) is 1.74. The summed E-state index contributed by atoms with van der Waals surface area (Å²) in [4.78, 5) is 4.94. The van der Waals surface area contributed by atoms with Crippen LogP contribution in [0.3, 0.4) is 0 Å². The van der Waals surface area contributed by atoms with Gasteiger partial charge in [0.05, 0.1) is 28.4 Å². The molecular weight excluding hydrogens is 633 g/mol. The van der Waals surface area contributed by atoms with Gasteiger partial charge in [-0.2, -0.15) is 0 Å². The Morgan fingerprint density at radius 3 is 1.92 bits per heavy atom. The van der Waals surface area contributed by atoms with Crippen molar-refractivity contribution < 1.29 is 4.74 Å². The molecule has 2 aliphatic heterocycles. The zero-order valence-electron chi connectivity index (χ0n) is 29.1. The molecule has 0 aromatic heterocycles. The van der Waals surface area contributed by atoms with Gasteiger partial charge in [-0.15, -0.1) is 0 Å². The molecule has 0 atom stereocenters. The molecule has 0 amide bonds. The standard InChI is InChI=1S/C49H36N2O/c1-49(2)40-22-13-26-44-48(40)51(47-39-21-10-9-19-36(39)29-32-45(47)52-44)43-25-14-24-42(46(43)49)50(37-30-27-34(28-31-37)33-15-5-3-6-16-33)41-23-12-11-20-38(41)35-17-7-4-8-18-35/h3-32H,1-2H3. The normalized spacial score (nSPS) is 13.5. The Labute approximate surface area is 304 Å². The van der Waals surface area contributed by atoms with Crippen molar-refractivity contribution in [1.29, 1.82) is 0 Å². The lowest BCUT2D eigenvalue weighted by Gasteiger charge is -2.47. The molecule has 2 heterocycles. The van der Waals surface area contributed by atoms with E-state index in [1.54, 1.807) is 0 Å². The summed E-state index contributed by atoms with van der Waals surface area (Å²) in [5, 5.41) is 2.35. The maximum absolute atomic E-state index is 6.72. The van der Waals surface area contributed by atoms with Crippen molar-refractivity contribution in [2.24, 2.45) is 0 Å². The number of nitrogens with zero attached hydrogens (tertiary/aromatic N) is 2. The van der Waals surface area contributed by atoms with Crippen molar-refractivity contribution in [1.82, 2.24) is 0 Å². The molecule has 52 heavy (non-hydrogen) atoms. The lowest BCUT2D eigenvalue weighted by molar-refractivity contribution is 0.472. The smallest absolute Gasteiger partial charge is 0.152 e. The van der Waals surface area contributed by atoms with Crippen LogP contribution in [0.4, 0.5) is 34.1 Å². The summed E-state index contributed by atoms with van der Waals surface area (Å²) in [7, 11) is 0. The summed E-state index contributed by atoms with van der Waals surface area (Å²) in [6.45, 7) is 4.72. The first kappa shape index (κ1) is 30.3. The second-order valence-corrected chi connectivity index (χ2v) is 14.2. The molecule has 0 saturated heterocycles. The molecule has 3 nitrogen and oxygen atoms in total. The highest BCUT2D eigenvalue weighted by atomic mass is 16.5. The van der Waals surface area contributed by atoms with E-state index in [2.05, 4.69) is 206 Å². The lowest BCUT2D eigenvalue weighted by atomic mass is 9.72. The molecule has 0 bridgehead atoms. The quantitative estimate of drug-likeness (QED) is 0.182. The molecule has 0 radical (unpaired) electrons. The van der Waals surface area contributed by atoms with E-state index >= 15 is 0 Å². The fraction of sp³-hybridized carbons (Fsp3) is 0.0612. The fourth-order valence-electron chi connectivity index (χ4n) is 8.41. The van der Waals surface area contributed by atoms with Gasteiger partial charge in [0.1, 0.15) is 0 Å². The maximum Gasteiger partial charge on any atom is 0.152 e. The van der Waals surface area contributed by atoms with Crippen LogP contribution in [-0.2, 0) is 5.41 Å². The van der Waals surface area contributed by atoms with Gasteiger partial charge in [-0.05, 0) is 70.1 Å². The third kappa shape index (κ3) is 4.59. The largest absolute Gasteiger partial charge is 0.453 e. The molecule has 2 aliphatic rings. The van der Waals surface area contributed by atoms with Crippen LogP contribution in [0.15, 0.2) is 182 Å². The van der Waals surface area contributed by atoms with Crippen LogP contribution in [0.2, 0.25) is 0 Å². The molecule has 10 rings (SSSR count).